The van der Waals surface area contributed by atoms with Crippen molar-refractivity contribution in [3.8, 4) is 0 Å². The summed E-state index contributed by atoms with van der Waals surface area (Å²) in [4.78, 5) is 0. The van der Waals surface area contributed by atoms with Gasteiger partial charge in [0.15, 0.2) is 6.29 Å². The monoisotopic (exact) mass is 264 g/mol. The molecule has 0 spiro atoms. The van der Waals surface area contributed by atoms with E-state index >= 15 is 0 Å². The third-order valence-electron chi connectivity index (χ3n) is 2.63. The minimum atomic E-state index is -1.10. The van der Waals surface area contributed by atoms with E-state index in [2.05, 4.69) is 6.92 Å². The predicted molar refractivity (Wildman–Crippen MR) is 74.2 cm³/mol. The zero-order valence-electron chi connectivity index (χ0n) is 11.9. The summed E-state index contributed by atoms with van der Waals surface area (Å²) < 4.78 is 0. The molecule has 18 heavy (non-hydrogen) atoms. The number of rotatable bonds is 11. The second-order valence-corrected chi connectivity index (χ2v) is 4.54. The van der Waals surface area contributed by atoms with Crippen LogP contribution in [0, 0.1) is 0 Å². The summed E-state index contributed by atoms with van der Waals surface area (Å²) >= 11 is 0. The average molecular weight is 264 g/mol. The summed E-state index contributed by atoms with van der Waals surface area (Å²) in [5, 5.41) is 33.5. The van der Waals surface area contributed by atoms with Gasteiger partial charge in [0.05, 0.1) is 0 Å². The van der Waals surface area contributed by atoms with Crippen LogP contribution in [0.1, 0.15) is 71.1 Å². The summed E-state index contributed by atoms with van der Waals surface area (Å²) in [6.45, 7) is 2.73. The lowest BCUT2D eigenvalue weighted by Crippen LogP contribution is -2.02. The largest absolute Gasteiger partial charge is 0.396 e. The molecule has 0 aliphatic rings. The minimum Gasteiger partial charge on any atom is -0.396 e. The Bertz CT molecular complexity index is 123. The van der Waals surface area contributed by atoms with Gasteiger partial charge in [0, 0.05) is 13.2 Å². The van der Waals surface area contributed by atoms with E-state index in [0.717, 1.165) is 38.5 Å². The molecule has 0 aliphatic heterocycles. The number of aliphatic hydroxyl groups is 4. The lowest BCUT2D eigenvalue weighted by atomic mass is 10.1. The zero-order chi connectivity index (χ0) is 14.1. The van der Waals surface area contributed by atoms with Crippen LogP contribution in [0.3, 0.4) is 0 Å². The lowest BCUT2D eigenvalue weighted by Gasteiger charge is -2.01. The Morgan fingerprint density at radius 3 is 1.50 bits per heavy atom. The molecule has 0 aromatic rings. The first kappa shape index (κ1) is 20.2. The molecular weight excluding hydrogens is 232 g/mol. The molecule has 4 N–H and O–H groups in total. The van der Waals surface area contributed by atoms with Crippen molar-refractivity contribution < 1.29 is 20.4 Å². The molecule has 0 atom stereocenters. The van der Waals surface area contributed by atoms with Gasteiger partial charge >= 0.3 is 0 Å². The van der Waals surface area contributed by atoms with Gasteiger partial charge in [-0.3, -0.25) is 0 Å². The van der Waals surface area contributed by atoms with Crippen LogP contribution in [-0.4, -0.2) is 39.9 Å². The van der Waals surface area contributed by atoms with E-state index in [1.807, 2.05) is 0 Å². The number of hydrogen-bond donors (Lipinski definition) is 4. The highest BCUT2D eigenvalue weighted by molar-refractivity contribution is 4.44. The fourth-order valence-electron chi connectivity index (χ4n) is 1.51. The highest BCUT2D eigenvalue weighted by Crippen LogP contribution is 2.05. The number of aliphatic hydroxyl groups excluding tert-OH is 3. The Morgan fingerprint density at radius 1 is 0.667 bits per heavy atom. The van der Waals surface area contributed by atoms with Crippen molar-refractivity contribution in [1.82, 2.24) is 0 Å². The summed E-state index contributed by atoms with van der Waals surface area (Å²) in [6.07, 6.45) is 9.06. The van der Waals surface area contributed by atoms with Crippen molar-refractivity contribution in [2.24, 2.45) is 0 Å². The molecule has 0 aromatic heterocycles. The molecule has 0 saturated heterocycles. The third-order valence-corrected chi connectivity index (χ3v) is 2.63. The molecule has 4 nitrogen and oxygen atoms in total. The van der Waals surface area contributed by atoms with E-state index in [4.69, 9.17) is 20.4 Å². The van der Waals surface area contributed by atoms with Crippen LogP contribution in [0.25, 0.3) is 0 Å². The molecule has 0 fully saturated rings. The normalized spacial score (nSPS) is 10.3. The van der Waals surface area contributed by atoms with Crippen molar-refractivity contribution in [3.05, 3.63) is 0 Å². The fraction of sp³-hybridized carbons (Fsp3) is 1.00. The van der Waals surface area contributed by atoms with Crippen LogP contribution in [0.15, 0.2) is 0 Å². The first-order chi connectivity index (χ1) is 8.68. The molecule has 112 valence electrons. The Balaban J connectivity index is 0. The topological polar surface area (TPSA) is 80.9 Å². The molecule has 0 rings (SSSR count). The van der Waals surface area contributed by atoms with E-state index in [1.54, 1.807) is 0 Å². The molecule has 0 bridgehead atoms. The van der Waals surface area contributed by atoms with Crippen molar-refractivity contribution >= 4 is 0 Å². The van der Waals surface area contributed by atoms with Gasteiger partial charge in [0.2, 0.25) is 0 Å². The van der Waals surface area contributed by atoms with Gasteiger partial charge in [-0.2, -0.15) is 0 Å². The highest BCUT2D eigenvalue weighted by Gasteiger charge is 1.95. The predicted octanol–water partition coefficient (Wildman–Crippen LogP) is 2.19. The Labute approximate surface area is 112 Å². The van der Waals surface area contributed by atoms with E-state index in [-0.39, 0.29) is 13.2 Å². The average Bonchev–Trinajstić information content (AvgIpc) is 2.35. The highest BCUT2D eigenvalue weighted by atomic mass is 16.5. The second-order valence-electron chi connectivity index (χ2n) is 4.54. The SMILES string of the molecule is CCCCCCCC(O)O.OCCCCCCO. The summed E-state index contributed by atoms with van der Waals surface area (Å²) in [5.74, 6) is 0. The van der Waals surface area contributed by atoms with E-state index in [0.29, 0.717) is 6.42 Å². The fourth-order valence-corrected chi connectivity index (χ4v) is 1.51. The van der Waals surface area contributed by atoms with Crippen LogP contribution < -0.4 is 0 Å². The lowest BCUT2D eigenvalue weighted by molar-refractivity contribution is -0.0465. The maximum absolute atomic E-state index is 8.46. The Morgan fingerprint density at radius 2 is 1.11 bits per heavy atom. The minimum absolute atomic E-state index is 0.283. The summed E-state index contributed by atoms with van der Waals surface area (Å²) in [7, 11) is 0. The van der Waals surface area contributed by atoms with E-state index in [1.165, 1.54) is 19.3 Å². The summed E-state index contributed by atoms with van der Waals surface area (Å²) in [5.41, 5.74) is 0. The third kappa shape index (κ3) is 24.9. The maximum atomic E-state index is 8.46. The zero-order valence-corrected chi connectivity index (χ0v) is 11.9. The van der Waals surface area contributed by atoms with Crippen LogP contribution in [0.4, 0.5) is 0 Å². The maximum Gasteiger partial charge on any atom is 0.151 e. The summed E-state index contributed by atoms with van der Waals surface area (Å²) in [6, 6.07) is 0. The first-order valence-electron chi connectivity index (χ1n) is 7.26. The number of unbranched alkanes of at least 4 members (excludes halogenated alkanes) is 7. The van der Waals surface area contributed by atoms with Crippen LogP contribution in [0.2, 0.25) is 0 Å². The van der Waals surface area contributed by atoms with Crippen molar-refractivity contribution in [1.29, 1.82) is 0 Å². The molecule has 4 heteroatoms. The molecule has 0 aromatic carbocycles. The van der Waals surface area contributed by atoms with Gasteiger partial charge in [-0.25, -0.2) is 0 Å². The molecule has 0 saturated carbocycles. The van der Waals surface area contributed by atoms with Gasteiger partial charge in [0.1, 0.15) is 0 Å². The Kier molecular flexibility index (Phi) is 21.5. The smallest absolute Gasteiger partial charge is 0.151 e. The van der Waals surface area contributed by atoms with Crippen LogP contribution in [-0.2, 0) is 0 Å². The molecule has 0 radical (unpaired) electrons. The van der Waals surface area contributed by atoms with Gasteiger partial charge in [-0.05, 0) is 25.7 Å². The Hall–Kier alpha value is -0.160. The van der Waals surface area contributed by atoms with E-state index < -0.39 is 6.29 Å². The van der Waals surface area contributed by atoms with Crippen molar-refractivity contribution in [3.63, 3.8) is 0 Å². The molecular formula is C14H32O4. The molecule has 0 amide bonds. The quantitative estimate of drug-likeness (QED) is 0.341. The van der Waals surface area contributed by atoms with Gasteiger partial charge in [0.25, 0.3) is 0 Å². The van der Waals surface area contributed by atoms with Crippen molar-refractivity contribution in [2.45, 2.75) is 77.4 Å². The molecule has 0 unspecified atom stereocenters. The standard InChI is InChI=1S/C8H18O2.C6H14O2/c1-2-3-4-5-6-7-8(9)10;7-5-3-1-2-4-6-8/h8-10H,2-7H2,1H3;7-8H,1-6H2. The van der Waals surface area contributed by atoms with Crippen molar-refractivity contribution in [2.75, 3.05) is 13.2 Å². The second kappa shape index (κ2) is 19.2. The molecule has 0 heterocycles. The number of hydrogen-bond acceptors (Lipinski definition) is 4. The van der Waals surface area contributed by atoms with Gasteiger partial charge in [-0.15, -0.1) is 0 Å². The van der Waals surface area contributed by atoms with E-state index in [9.17, 15) is 0 Å². The van der Waals surface area contributed by atoms with Crippen LogP contribution >= 0.6 is 0 Å². The van der Waals surface area contributed by atoms with Gasteiger partial charge < -0.3 is 20.4 Å². The van der Waals surface area contributed by atoms with Crippen LogP contribution in [0.5, 0.6) is 0 Å². The molecule has 0 aliphatic carbocycles. The van der Waals surface area contributed by atoms with Gasteiger partial charge in [-0.1, -0.05) is 45.4 Å². The first-order valence-corrected chi connectivity index (χ1v) is 7.26.